The van der Waals surface area contributed by atoms with Gasteiger partial charge in [0.25, 0.3) is 0 Å². The maximum Gasteiger partial charge on any atom is 0.412 e. The molecule has 0 aliphatic rings. The normalized spacial score (nSPS) is 11.9. The summed E-state index contributed by atoms with van der Waals surface area (Å²) in [6.07, 6.45) is -1.48. The molecule has 2 rings (SSSR count). The summed E-state index contributed by atoms with van der Waals surface area (Å²) in [6.45, 7) is 3.64. The smallest absolute Gasteiger partial charge is 0.412 e. The summed E-state index contributed by atoms with van der Waals surface area (Å²) >= 11 is 11.8. The highest BCUT2D eigenvalue weighted by Gasteiger charge is 2.20. The Bertz CT molecular complexity index is 824. The Morgan fingerprint density at radius 3 is 2.29 bits per heavy atom. The van der Waals surface area contributed by atoms with Crippen LogP contribution in [0.25, 0.3) is 0 Å². The van der Waals surface area contributed by atoms with Crippen LogP contribution in [0, 0.1) is 0 Å². The molecule has 2 aromatic rings. The van der Waals surface area contributed by atoms with Crippen LogP contribution in [0.3, 0.4) is 0 Å². The Hall–Kier alpha value is -2.28. The van der Waals surface area contributed by atoms with Crippen LogP contribution < -0.4 is 5.32 Å². The molecular weight excluding hydrogens is 405 g/mol. The Morgan fingerprint density at radius 2 is 1.71 bits per heavy atom. The first kappa shape index (κ1) is 22.0. The molecule has 0 aliphatic carbocycles. The van der Waals surface area contributed by atoms with Crippen molar-refractivity contribution in [2.75, 3.05) is 5.32 Å². The van der Waals surface area contributed by atoms with Crippen LogP contribution in [0.15, 0.2) is 42.5 Å². The van der Waals surface area contributed by atoms with Crippen molar-refractivity contribution in [3.05, 3.63) is 63.6 Å². The molecule has 1 amide bonds. The van der Waals surface area contributed by atoms with Gasteiger partial charge < -0.3 is 14.6 Å². The molecule has 0 spiro atoms. The largest absolute Gasteiger partial charge is 0.479 e. The first-order valence-electron chi connectivity index (χ1n) is 8.59. The summed E-state index contributed by atoms with van der Waals surface area (Å²) in [7, 11) is 0. The molecule has 0 fully saturated rings. The number of hydrogen-bond acceptors (Lipinski definition) is 4. The van der Waals surface area contributed by atoms with E-state index in [2.05, 4.69) is 5.32 Å². The molecule has 0 aromatic heterocycles. The van der Waals surface area contributed by atoms with E-state index >= 15 is 0 Å². The molecule has 0 radical (unpaired) electrons. The van der Waals surface area contributed by atoms with Gasteiger partial charge in [-0.25, -0.2) is 9.59 Å². The van der Waals surface area contributed by atoms with Gasteiger partial charge >= 0.3 is 12.1 Å². The molecule has 6 nitrogen and oxygen atoms in total. The van der Waals surface area contributed by atoms with Gasteiger partial charge in [-0.1, -0.05) is 47.5 Å². The van der Waals surface area contributed by atoms with Crippen LogP contribution in [0.4, 0.5) is 10.5 Å². The number of amides is 1. The predicted octanol–water partition coefficient (Wildman–Crippen LogP) is 5.16. The van der Waals surface area contributed by atoms with Gasteiger partial charge in [-0.15, -0.1) is 0 Å². The lowest BCUT2D eigenvalue weighted by atomic mass is 10.1. The Labute approximate surface area is 173 Å². The van der Waals surface area contributed by atoms with Crippen molar-refractivity contribution >= 4 is 41.0 Å². The number of carbonyl (C=O) groups is 2. The molecule has 8 heteroatoms. The van der Waals surface area contributed by atoms with Gasteiger partial charge in [0.05, 0.1) is 16.8 Å². The van der Waals surface area contributed by atoms with Crippen molar-refractivity contribution in [2.24, 2.45) is 0 Å². The highest BCUT2D eigenvalue weighted by atomic mass is 35.5. The zero-order valence-corrected chi connectivity index (χ0v) is 17.0. The fourth-order valence-corrected chi connectivity index (χ4v) is 2.85. The average molecular weight is 426 g/mol. The second kappa shape index (κ2) is 10.3. The molecule has 0 heterocycles. The van der Waals surface area contributed by atoms with Gasteiger partial charge in [0.15, 0.2) is 6.10 Å². The van der Waals surface area contributed by atoms with Gasteiger partial charge in [0.1, 0.15) is 6.61 Å². The molecule has 1 unspecified atom stereocenters. The summed E-state index contributed by atoms with van der Waals surface area (Å²) in [5.41, 5.74) is 1.98. The van der Waals surface area contributed by atoms with Crippen molar-refractivity contribution in [2.45, 2.75) is 39.1 Å². The zero-order valence-electron chi connectivity index (χ0n) is 15.4. The molecule has 0 saturated carbocycles. The van der Waals surface area contributed by atoms with E-state index in [0.29, 0.717) is 15.7 Å². The number of benzene rings is 2. The van der Waals surface area contributed by atoms with Crippen LogP contribution in [0.5, 0.6) is 0 Å². The Morgan fingerprint density at radius 1 is 1.07 bits per heavy atom. The number of carbonyl (C=O) groups excluding carboxylic acids is 1. The number of hydrogen-bond donors (Lipinski definition) is 2. The lowest BCUT2D eigenvalue weighted by molar-refractivity contribution is -0.153. The number of nitrogens with one attached hydrogen (secondary N) is 1. The number of carboxylic acids is 1. The predicted molar refractivity (Wildman–Crippen MR) is 108 cm³/mol. The van der Waals surface area contributed by atoms with Crippen LogP contribution in [0.1, 0.15) is 25.0 Å². The van der Waals surface area contributed by atoms with Crippen molar-refractivity contribution in [3.8, 4) is 0 Å². The number of rotatable bonds is 8. The van der Waals surface area contributed by atoms with Crippen molar-refractivity contribution in [1.82, 2.24) is 0 Å². The van der Waals surface area contributed by atoms with E-state index in [-0.39, 0.29) is 19.1 Å². The minimum absolute atomic E-state index is 0.0577. The van der Waals surface area contributed by atoms with Crippen molar-refractivity contribution in [3.63, 3.8) is 0 Å². The van der Waals surface area contributed by atoms with E-state index < -0.39 is 18.2 Å². The molecule has 0 saturated heterocycles. The number of aliphatic carboxylic acids is 1. The van der Waals surface area contributed by atoms with Gasteiger partial charge in [-0.05, 0) is 43.2 Å². The third-order valence-electron chi connectivity index (χ3n) is 3.69. The quantitative estimate of drug-likeness (QED) is 0.609. The van der Waals surface area contributed by atoms with E-state index in [1.165, 1.54) is 6.07 Å². The van der Waals surface area contributed by atoms with E-state index in [4.69, 9.17) is 32.7 Å². The van der Waals surface area contributed by atoms with Gasteiger partial charge in [0, 0.05) is 11.4 Å². The molecule has 150 valence electrons. The molecule has 28 heavy (non-hydrogen) atoms. The summed E-state index contributed by atoms with van der Waals surface area (Å²) in [6, 6.07) is 11.8. The molecule has 0 bridgehead atoms. The number of ether oxygens (including phenoxy) is 2. The van der Waals surface area contributed by atoms with Crippen LogP contribution in [-0.2, 0) is 27.3 Å². The lowest BCUT2D eigenvalue weighted by Gasteiger charge is -2.16. The number of anilines is 1. The second-order valence-electron chi connectivity index (χ2n) is 6.36. The third kappa shape index (κ3) is 7.03. The number of carboxylic acid groups (broad SMARTS) is 1. The second-order valence-corrected chi connectivity index (χ2v) is 7.20. The first-order chi connectivity index (χ1) is 13.2. The average Bonchev–Trinajstić information content (AvgIpc) is 2.62. The van der Waals surface area contributed by atoms with E-state index in [0.717, 1.165) is 11.1 Å². The summed E-state index contributed by atoms with van der Waals surface area (Å²) in [4.78, 5) is 23.2. The first-order valence-corrected chi connectivity index (χ1v) is 9.35. The van der Waals surface area contributed by atoms with E-state index in [1.807, 2.05) is 0 Å². The minimum atomic E-state index is -1.00. The molecule has 1 atom stereocenters. The van der Waals surface area contributed by atoms with E-state index in [1.54, 1.807) is 50.2 Å². The molecule has 2 aromatic carbocycles. The molecule has 2 N–H and O–H groups in total. The topological polar surface area (TPSA) is 84.9 Å². The van der Waals surface area contributed by atoms with Crippen molar-refractivity contribution < 1.29 is 24.2 Å². The highest BCUT2D eigenvalue weighted by Crippen LogP contribution is 2.25. The minimum Gasteiger partial charge on any atom is -0.479 e. The lowest BCUT2D eigenvalue weighted by Crippen LogP contribution is -2.29. The number of halogens is 2. The van der Waals surface area contributed by atoms with Gasteiger partial charge in [-0.2, -0.15) is 0 Å². The third-order valence-corrected chi connectivity index (χ3v) is 4.24. The van der Waals surface area contributed by atoms with Gasteiger partial charge in [0.2, 0.25) is 0 Å². The van der Waals surface area contributed by atoms with Crippen LogP contribution in [-0.4, -0.2) is 29.4 Å². The van der Waals surface area contributed by atoms with Crippen LogP contribution in [0.2, 0.25) is 10.0 Å². The monoisotopic (exact) mass is 425 g/mol. The SMILES string of the molecule is CC(C)OC(Cc1ccc(COC(=O)Nc2ccc(Cl)cc2Cl)cc1)C(=O)O. The Balaban J connectivity index is 1.88. The maximum atomic E-state index is 11.9. The Kier molecular flexibility index (Phi) is 8.11. The fourth-order valence-electron chi connectivity index (χ4n) is 2.39. The van der Waals surface area contributed by atoms with Crippen LogP contribution >= 0.6 is 23.2 Å². The summed E-state index contributed by atoms with van der Waals surface area (Å²) < 4.78 is 10.6. The molecular formula is C20H21Cl2NO5. The summed E-state index contributed by atoms with van der Waals surface area (Å²) in [5.74, 6) is -1.00. The zero-order chi connectivity index (χ0) is 20.7. The van der Waals surface area contributed by atoms with Gasteiger partial charge in [-0.3, -0.25) is 5.32 Å². The van der Waals surface area contributed by atoms with E-state index in [9.17, 15) is 14.7 Å². The molecule has 0 aliphatic heterocycles. The highest BCUT2D eigenvalue weighted by molar-refractivity contribution is 6.36. The van der Waals surface area contributed by atoms with Crippen molar-refractivity contribution in [1.29, 1.82) is 0 Å². The summed E-state index contributed by atoms with van der Waals surface area (Å²) in [5, 5.41) is 12.6. The standard InChI is InChI=1S/C20H21Cl2NO5/c1-12(2)28-18(19(24)25)9-13-3-5-14(6-4-13)11-27-20(26)23-17-8-7-15(21)10-16(17)22/h3-8,10,12,18H,9,11H2,1-2H3,(H,23,26)(H,24,25). The fraction of sp³-hybridized carbons (Fsp3) is 0.300. The maximum absolute atomic E-state index is 11.9.